The molecular formula is C35H40O7. The van der Waals surface area contributed by atoms with Crippen molar-refractivity contribution in [3.05, 3.63) is 75.3 Å². The Bertz CT molecular complexity index is 1590. The Labute approximate surface area is 246 Å². The minimum Gasteiger partial charge on any atom is -0.511 e. The number of hydrogen-bond acceptors (Lipinski definition) is 7. The number of hydrogen-bond donors (Lipinski definition) is 4. The van der Waals surface area contributed by atoms with Crippen molar-refractivity contribution in [3.63, 3.8) is 0 Å². The lowest BCUT2D eigenvalue weighted by atomic mass is 9.48. The topological polar surface area (TPSA) is 132 Å². The van der Waals surface area contributed by atoms with Crippen molar-refractivity contribution in [1.29, 1.82) is 0 Å². The third-order valence-corrected chi connectivity index (χ3v) is 9.82. The van der Waals surface area contributed by atoms with Gasteiger partial charge in [0.05, 0.1) is 5.56 Å². The first-order valence-corrected chi connectivity index (χ1v) is 14.9. The Balaban J connectivity index is 1.71. The first kappa shape index (κ1) is 29.8. The Morgan fingerprint density at radius 3 is 2.31 bits per heavy atom. The van der Waals surface area contributed by atoms with Crippen molar-refractivity contribution in [2.75, 3.05) is 0 Å². The van der Waals surface area contributed by atoms with Crippen LogP contribution in [-0.2, 0) is 28.9 Å². The monoisotopic (exact) mass is 572 g/mol. The summed E-state index contributed by atoms with van der Waals surface area (Å²) in [7, 11) is 0. The number of unbranched alkanes of at least 4 members (excludes halogenated alkanes) is 2. The predicted octanol–water partition coefficient (Wildman–Crippen LogP) is 6.43. The lowest BCUT2D eigenvalue weighted by molar-refractivity contribution is -0.158. The van der Waals surface area contributed by atoms with Crippen molar-refractivity contribution in [2.24, 2.45) is 10.8 Å². The number of phenols is 1. The van der Waals surface area contributed by atoms with Gasteiger partial charge in [0.25, 0.3) is 0 Å². The van der Waals surface area contributed by atoms with Gasteiger partial charge in [0.2, 0.25) is 5.78 Å². The fraction of sp³-hybridized carbons (Fsp3) is 0.457. The highest BCUT2D eigenvalue weighted by Gasteiger charge is 2.67. The van der Waals surface area contributed by atoms with Gasteiger partial charge in [-0.2, -0.15) is 0 Å². The average Bonchev–Trinajstić information content (AvgIpc) is 2.90. The summed E-state index contributed by atoms with van der Waals surface area (Å²) in [5, 5.41) is 45.2. The highest BCUT2D eigenvalue weighted by molar-refractivity contribution is 6.25. The number of ketones is 3. The minimum atomic E-state index is -2.57. The summed E-state index contributed by atoms with van der Waals surface area (Å²) in [6.07, 6.45) is 5.16. The molecule has 0 heterocycles. The van der Waals surface area contributed by atoms with E-state index in [0.29, 0.717) is 5.56 Å². The van der Waals surface area contributed by atoms with Gasteiger partial charge >= 0.3 is 0 Å². The molecule has 7 nitrogen and oxygen atoms in total. The SMILES string of the molecule is CCCCCc1ccc(CC)c(-c2ccc(O)c3c2C[C@@]2(C)C[C@@]4(C)CC(O)=C(C(C)=O)C(=O)[C@@]4(O)C(O)=C2C3=O)c1. The molecular weight excluding hydrogens is 532 g/mol. The number of Topliss-reactive ketones (excluding diaryl/α,β-unsaturated/α-hetero) is 3. The normalized spacial score (nSPS) is 27.1. The van der Waals surface area contributed by atoms with Crippen LogP contribution in [0.4, 0.5) is 0 Å². The smallest absolute Gasteiger partial charge is 0.209 e. The number of aliphatic hydroxyl groups excluding tert-OH is 2. The zero-order chi connectivity index (χ0) is 30.8. The third kappa shape index (κ3) is 4.16. The number of aryl methyl sites for hydroxylation is 2. The van der Waals surface area contributed by atoms with E-state index in [4.69, 9.17) is 0 Å². The third-order valence-electron chi connectivity index (χ3n) is 9.82. The van der Waals surface area contributed by atoms with Crippen molar-refractivity contribution in [3.8, 4) is 16.9 Å². The first-order chi connectivity index (χ1) is 19.7. The number of phenolic OH excluding ortho intramolecular Hbond substituents is 1. The Morgan fingerprint density at radius 1 is 0.952 bits per heavy atom. The second-order valence-corrected chi connectivity index (χ2v) is 12.9. The number of carbonyl (C=O) groups is 3. The van der Waals surface area contributed by atoms with Crippen molar-refractivity contribution < 1.29 is 34.8 Å². The molecule has 0 amide bonds. The van der Waals surface area contributed by atoms with E-state index in [-0.39, 0.29) is 36.1 Å². The highest BCUT2D eigenvalue weighted by Crippen LogP contribution is 2.62. The molecule has 3 aliphatic rings. The van der Waals surface area contributed by atoms with Crippen LogP contribution < -0.4 is 0 Å². The lowest BCUT2D eigenvalue weighted by Gasteiger charge is -2.56. The Hall–Kier alpha value is -3.71. The van der Waals surface area contributed by atoms with Gasteiger partial charge in [-0.1, -0.05) is 64.8 Å². The molecule has 4 N–H and O–H groups in total. The summed E-state index contributed by atoms with van der Waals surface area (Å²) >= 11 is 0. The standard InChI is InChI=1S/C35H40O7/c1-6-8-9-10-20-11-12-21(7-2)23(15-20)22-13-14-25(37)28-24(22)16-33(4)18-34(5)17-26(38)27(19(3)36)31(40)35(34,42)32(41)29(33)30(28)39/h11-15,37-38,41-42H,6-10,16-18H2,1-5H3/t33-,34+,35+/m0/s1. The molecule has 3 aliphatic carbocycles. The zero-order valence-electron chi connectivity index (χ0n) is 25.1. The molecule has 0 aliphatic heterocycles. The summed E-state index contributed by atoms with van der Waals surface area (Å²) in [5.74, 6) is -3.96. The van der Waals surface area contributed by atoms with Crippen molar-refractivity contribution in [1.82, 2.24) is 0 Å². The van der Waals surface area contributed by atoms with Crippen LogP contribution in [0, 0.1) is 10.8 Å². The van der Waals surface area contributed by atoms with Crippen LogP contribution >= 0.6 is 0 Å². The average molecular weight is 573 g/mol. The second kappa shape index (κ2) is 10.2. The maximum absolute atomic E-state index is 14.2. The van der Waals surface area contributed by atoms with E-state index in [1.54, 1.807) is 6.92 Å². The van der Waals surface area contributed by atoms with E-state index in [1.807, 2.05) is 13.0 Å². The number of allylic oxidation sites excluding steroid dienone is 2. The van der Waals surface area contributed by atoms with Crippen LogP contribution in [0.3, 0.4) is 0 Å². The van der Waals surface area contributed by atoms with E-state index in [9.17, 15) is 34.8 Å². The van der Waals surface area contributed by atoms with Crippen LogP contribution in [0.2, 0.25) is 0 Å². The molecule has 222 valence electrons. The summed E-state index contributed by atoms with van der Waals surface area (Å²) in [4.78, 5) is 40.0. The maximum Gasteiger partial charge on any atom is 0.209 e. The van der Waals surface area contributed by atoms with Crippen LogP contribution in [0.15, 0.2) is 53.0 Å². The van der Waals surface area contributed by atoms with E-state index in [2.05, 4.69) is 32.0 Å². The molecule has 2 aromatic rings. The van der Waals surface area contributed by atoms with Crippen LogP contribution in [0.1, 0.15) is 93.8 Å². The number of aromatic hydroxyl groups is 1. The number of carbonyl (C=O) groups excluding carboxylic acids is 3. The van der Waals surface area contributed by atoms with Gasteiger partial charge in [0, 0.05) is 22.8 Å². The van der Waals surface area contributed by atoms with Gasteiger partial charge in [-0.25, -0.2) is 0 Å². The molecule has 0 saturated heterocycles. The number of fused-ring (bicyclic) bond motifs is 3. The highest BCUT2D eigenvalue weighted by atomic mass is 16.3. The molecule has 42 heavy (non-hydrogen) atoms. The van der Waals surface area contributed by atoms with Gasteiger partial charge in [-0.15, -0.1) is 0 Å². The van der Waals surface area contributed by atoms with Crippen LogP contribution in [0.5, 0.6) is 5.75 Å². The van der Waals surface area contributed by atoms with Crippen LogP contribution in [-0.4, -0.2) is 43.4 Å². The Kier molecular flexibility index (Phi) is 7.25. The van der Waals surface area contributed by atoms with Crippen LogP contribution in [0.25, 0.3) is 11.1 Å². The molecule has 0 unspecified atom stereocenters. The quantitative estimate of drug-likeness (QED) is 0.222. The molecule has 0 bridgehead atoms. The van der Waals surface area contributed by atoms with Gasteiger partial charge < -0.3 is 20.4 Å². The number of benzene rings is 2. The van der Waals surface area contributed by atoms with Gasteiger partial charge in [-0.3, -0.25) is 14.4 Å². The van der Waals surface area contributed by atoms with Crippen molar-refractivity contribution >= 4 is 17.3 Å². The molecule has 0 fully saturated rings. The summed E-state index contributed by atoms with van der Waals surface area (Å²) < 4.78 is 0. The lowest BCUT2D eigenvalue weighted by Crippen LogP contribution is -2.63. The first-order valence-electron chi connectivity index (χ1n) is 14.9. The van der Waals surface area contributed by atoms with E-state index >= 15 is 0 Å². The molecule has 0 saturated carbocycles. The van der Waals surface area contributed by atoms with Gasteiger partial charge in [-0.05, 0) is 72.9 Å². The molecule has 0 radical (unpaired) electrons. The van der Waals surface area contributed by atoms with Crippen molar-refractivity contribution in [2.45, 2.75) is 91.6 Å². The summed E-state index contributed by atoms with van der Waals surface area (Å²) in [6.45, 7) is 8.76. The zero-order valence-corrected chi connectivity index (χ0v) is 25.1. The largest absolute Gasteiger partial charge is 0.511 e. The van der Waals surface area contributed by atoms with E-state index < -0.39 is 50.9 Å². The van der Waals surface area contributed by atoms with Gasteiger partial charge in [0.1, 0.15) is 22.8 Å². The molecule has 0 aromatic heterocycles. The van der Waals surface area contributed by atoms with E-state index in [0.717, 1.165) is 55.7 Å². The number of aliphatic hydroxyl groups is 3. The fourth-order valence-corrected chi connectivity index (χ4v) is 7.82. The molecule has 7 heteroatoms. The molecule has 2 aromatic carbocycles. The number of rotatable bonds is 7. The summed E-state index contributed by atoms with van der Waals surface area (Å²) in [6, 6.07) is 9.76. The second-order valence-electron chi connectivity index (χ2n) is 12.9. The molecule has 5 rings (SSSR count). The van der Waals surface area contributed by atoms with Gasteiger partial charge in [0.15, 0.2) is 17.2 Å². The Morgan fingerprint density at radius 2 is 1.67 bits per heavy atom. The summed E-state index contributed by atoms with van der Waals surface area (Å²) in [5.41, 5.74) is -0.861. The predicted molar refractivity (Wildman–Crippen MR) is 160 cm³/mol. The minimum absolute atomic E-state index is 0.0469. The molecule has 0 spiro atoms. The fourth-order valence-electron chi connectivity index (χ4n) is 7.82. The van der Waals surface area contributed by atoms with E-state index in [1.165, 1.54) is 11.6 Å². The molecule has 3 atom stereocenters. The maximum atomic E-state index is 14.2.